The van der Waals surface area contributed by atoms with E-state index in [9.17, 15) is 19.4 Å². The number of phosphoric ester groups is 1. The number of likely N-dealkylation sites (N-methyl/N-ethyl adjacent to an activating group) is 1. The van der Waals surface area contributed by atoms with Crippen molar-refractivity contribution < 1.29 is 32.9 Å². The molecule has 0 aromatic carbocycles. The van der Waals surface area contributed by atoms with Crippen molar-refractivity contribution in [2.45, 2.75) is 129 Å². The lowest BCUT2D eigenvalue weighted by Gasteiger charge is -2.29. The number of aliphatic hydroxyl groups is 1. The topological polar surface area (TPSA) is 108 Å². The number of nitrogens with one attached hydrogen (secondary N) is 1. The second-order valence-corrected chi connectivity index (χ2v) is 13.0. The summed E-state index contributed by atoms with van der Waals surface area (Å²) in [6.45, 7) is 3.67. The Bertz CT molecular complexity index is 653. The van der Waals surface area contributed by atoms with Gasteiger partial charge in [0.2, 0.25) is 5.91 Å². The Morgan fingerprint density at radius 1 is 0.895 bits per heavy atom. The summed E-state index contributed by atoms with van der Waals surface area (Å²) >= 11 is 0. The van der Waals surface area contributed by atoms with Gasteiger partial charge in [-0.25, -0.2) is 0 Å². The van der Waals surface area contributed by atoms with Gasteiger partial charge in [0.05, 0.1) is 39.9 Å². The molecule has 3 atom stereocenters. The molecule has 1 amide bonds. The molecule has 0 bridgehead atoms. The highest BCUT2D eigenvalue weighted by Crippen LogP contribution is 2.38. The molecule has 0 heterocycles. The van der Waals surface area contributed by atoms with Crippen molar-refractivity contribution in [2.24, 2.45) is 0 Å². The van der Waals surface area contributed by atoms with E-state index >= 15 is 0 Å². The second kappa shape index (κ2) is 23.0. The molecule has 0 fully saturated rings. The van der Waals surface area contributed by atoms with Gasteiger partial charge in [-0.2, -0.15) is 0 Å². The molecule has 38 heavy (non-hydrogen) atoms. The fourth-order valence-electron chi connectivity index (χ4n) is 4.13. The predicted octanol–water partition coefficient (Wildman–Crippen LogP) is 5.88. The highest BCUT2D eigenvalue weighted by atomic mass is 31.2. The molecule has 0 rings (SSSR count). The van der Waals surface area contributed by atoms with Crippen molar-refractivity contribution in [3.8, 4) is 0 Å². The van der Waals surface area contributed by atoms with Crippen LogP contribution in [0.5, 0.6) is 0 Å². The first-order valence-corrected chi connectivity index (χ1v) is 16.5. The molecule has 2 N–H and O–H groups in total. The average molecular weight is 563 g/mol. The van der Waals surface area contributed by atoms with Crippen molar-refractivity contribution in [1.82, 2.24) is 5.32 Å². The number of phosphoric acid groups is 1. The fraction of sp³-hybridized carbons (Fsp3) is 0.897. The number of unbranched alkanes of at least 4 members (excludes halogenated alkanes) is 15. The lowest BCUT2D eigenvalue weighted by atomic mass is 10.0. The van der Waals surface area contributed by atoms with Gasteiger partial charge in [-0.05, 0) is 12.8 Å². The maximum atomic E-state index is 12.0. The van der Waals surface area contributed by atoms with Crippen molar-refractivity contribution in [2.75, 3.05) is 40.9 Å². The summed E-state index contributed by atoms with van der Waals surface area (Å²) < 4.78 is 22.4. The van der Waals surface area contributed by atoms with Gasteiger partial charge in [0.25, 0.3) is 7.82 Å². The van der Waals surface area contributed by atoms with Gasteiger partial charge < -0.3 is 28.8 Å². The summed E-state index contributed by atoms with van der Waals surface area (Å²) in [7, 11) is 1.25. The molecule has 9 heteroatoms. The van der Waals surface area contributed by atoms with Gasteiger partial charge in [0.1, 0.15) is 13.2 Å². The monoisotopic (exact) mass is 562 g/mol. The van der Waals surface area contributed by atoms with Gasteiger partial charge in [0.15, 0.2) is 0 Å². The number of rotatable bonds is 26. The Labute approximate surface area is 233 Å². The number of hydrogen-bond donors (Lipinski definition) is 2. The van der Waals surface area contributed by atoms with Crippen molar-refractivity contribution in [1.29, 1.82) is 0 Å². The lowest BCUT2D eigenvalue weighted by molar-refractivity contribution is -0.870. The Morgan fingerprint density at radius 3 is 1.82 bits per heavy atom. The van der Waals surface area contributed by atoms with Crippen LogP contribution in [0.2, 0.25) is 0 Å². The van der Waals surface area contributed by atoms with E-state index in [1.54, 1.807) is 6.08 Å². The van der Waals surface area contributed by atoms with E-state index in [1.807, 2.05) is 27.2 Å². The number of hydrogen-bond acceptors (Lipinski definition) is 6. The normalized spacial score (nSPS) is 15.4. The zero-order valence-corrected chi connectivity index (χ0v) is 26.0. The van der Waals surface area contributed by atoms with Crippen LogP contribution in [0.15, 0.2) is 12.2 Å². The number of aliphatic hydroxyl groups excluding tert-OH is 1. The maximum absolute atomic E-state index is 12.0. The van der Waals surface area contributed by atoms with Gasteiger partial charge in [0, 0.05) is 6.92 Å². The minimum atomic E-state index is -4.53. The lowest BCUT2D eigenvalue weighted by Crippen LogP contribution is -2.45. The Hall–Kier alpha value is -0.760. The summed E-state index contributed by atoms with van der Waals surface area (Å²) in [4.78, 5) is 23.5. The van der Waals surface area contributed by atoms with Gasteiger partial charge >= 0.3 is 0 Å². The third-order valence-corrected chi connectivity index (χ3v) is 7.50. The van der Waals surface area contributed by atoms with E-state index in [4.69, 9.17) is 9.05 Å². The van der Waals surface area contributed by atoms with Crippen LogP contribution in [0.25, 0.3) is 0 Å². The standard InChI is InChI=1S/C29H59N2O6P/c1-6-7-8-9-10-11-12-13-14-15-16-17-18-19-20-21-22-23-29(33)28(30-27(2)32)26-37-38(34,35)36-25-24-31(3,4)5/h22-23,28-29,33H,6-21,24-26H2,1-5H3,(H-,30,32,34,35)/b23-22+. The minimum Gasteiger partial charge on any atom is -0.756 e. The van der Waals surface area contributed by atoms with Gasteiger partial charge in [-0.15, -0.1) is 0 Å². The number of allylic oxidation sites excluding steroid dienone is 1. The predicted molar refractivity (Wildman–Crippen MR) is 155 cm³/mol. The SMILES string of the molecule is CCCCCCCCCCCCCCCCC/C=C/C(O)C(COP(=O)([O-])OCC[N+](C)(C)C)NC(C)=O. The van der Waals surface area contributed by atoms with E-state index in [0.29, 0.717) is 11.0 Å². The summed E-state index contributed by atoms with van der Waals surface area (Å²) in [5, 5.41) is 13.0. The maximum Gasteiger partial charge on any atom is 0.268 e. The Kier molecular flexibility index (Phi) is 22.5. The largest absolute Gasteiger partial charge is 0.756 e. The molecule has 0 saturated carbocycles. The summed E-state index contributed by atoms with van der Waals surface area (Å²) in [5.41, 5.74) is 0. The summed E-state index contributed by atoms with van der Waals surface area (Å²) in [6, 6.07) is -0.880. The molecule has 0 aromatic rings. The van der Waals surface area contributed by atoms with Gasteiger partial charge in [-0.1, -0.05) is 109 Å². The molecule has 0 saturated heterocycles. The molecule has 226 valence electrons. The second-order valence-electron chi connectivity index (χ2n) is 11.6. The molecule has 0 aromatic heterocycles. The molecule has 8 nitrogen and oxygen atoms in total. The Morgan fingerprint density at radius 2 is 1.37 bits per heavy atom. The molecule has 0 spiro atoms. The van der Waals surface area contributed by atoms with E-state index in [2.05, 4.69) is 12.2 Å². The van der Waals surface area contributed by atoms with Crippen LogP contribution in [0.4, 0.5) is 0 Å². The highest BCUT2D eigenvalue weighted by Gasteiger charge is 2.22. The Balaban J connectivity index is 3.98. The first kappa shape index (κ1) is 37.2. The molecule has 0 radical (unpaired) electrons. The molecule has 3 unspecified atom stereocenters. The van der Waals surface area contributed by atoms with Crippen LogP contribution in [-0.2, 0) is 18.4 Å². The number of nitrogens with zero attached hydrogens (tertiary/aromatic N) is 1. The number of quaternary nitrogens is 1. The quantitative estimate of drug-likeness (QED) is 0.0590. The average Bonchev–Trinajstić information content (AvgIpc) is 2.82. The van der Waals surface area contributed by atoms with Crippen LogP contribution in [0.1, 0.15) is 117 Å². The van der Waals surface area contributed by atoms with Crippen LogP contribution in [-0.4, -0.2) is 68.5 Å². The zero-order chi connectivity index (χ0) is 28.7. The van der Waals surface area contributed by atoms with Crippen LogP contribution < -0.4 is 10.2 Å². The van der Waals surface area contributed by atoms with Crippen molar-refractivity contribution in [3.63, 3.8) is 0 Å². The van der Waals surface area contributed by atoms with Crippen LogP contribution in [0.3, 0.4) is 0 Å². The summed E-state index contributed by atoms with van der Waals surface area (Å²) in [6.07, 6.45) is 23.0. The highest BCUT2D eigenvalue weighted by molar-refractivity contribution is 7.45. The van der Waals surface area contributed by atoms with E-state index in [1.165, 1.54) is 90.4 Å². The zero-order valence-electron chi connectivity index (χ0n) is 25.1. The first-order chi connectivity index (χ1) is 18.0. The van der Waals surface area contributed by atoms with Gasteiger partial charge in [-0.3, -0.25) is 9.36 Å². The van der Waals surface area contributed by atoms with E-state index < -0.39 is 26.6 Å². The number of amides is 1. The van der Waals surface area contributed by atoms with Crippen LogP contribution in [0, 0.1) is 0 Å². The van der Waals surface area contributed by atoms with E-state index in [0.717, 1.165) is 19.3 Å². The number of carbonyl (C=O) groups is 1. The third-order valence-electron chi connectivity index (χ3n) is 6.53. The fourth-order valence-corrected chi connectivity index (χ4v) is 4.85. The minimum absolute atomic E-state index is 0.00318. The molecule has 0 aliphatic rings. The third kappa shape index (κ3) is 25.5. The first-order valence-electron chi connectivity index (χ1n) is 15.0. The van der Waals surface area contributed by atoms with Crippen molar-refractivity contribution in [3.05, 3.63) is 12.2 Å². The van der Waals surface area contributed by atoms with Crippen molar-refractivity contribution >= 4 is 13.7 Å². The molecular weight excluding hydrogens is 503 g/mol. The molecular formula is C29H59N2O6P. The molecule has 0 aliphatic heterocycles. The summed E-state index contributed by atoms with van der Waals surface area (Å²) in [5.74, 6) is -0.375. The molecule has 0 aliphatic carbocycles. The smallest absolute Gasteiger partial charge is 0.268 e. The van der Waals surface area contributed by atoms with Crippen LogP contribution >= 0.6 is 7.82 Å². The van der Waals surface area contributed by atoms with E-state index in [-0.39, 0.29) is 12.5 Å². The number of carbonyl (C=O) groups excluding carboxylic acids is 1.